The van der Waals surface area contributed by atoms with Crippen LogP contribution in [0.25, 0.3) is 0 Å². The van der Waals surface area contributed by atoms with Gasteiger partial charge in [-0.2, -0.15) is 0 Å². The van der Waals surface area contributed by atoms with E-state index in [9.17, 15) is 0 Å². The third-order valence-electron chi connectivity index (χ3n) is 4.06. The maximum atomic E-state index is 6.34. The molecule has 0 heterocycles. The maximum absolute atomic E-state index is 6.34. The van der Waals surface area contributed by atoms with Crippen molar-refractivity contribution in [1.82, 2.24) is 0 Å². The molecule has 0 aliphatic heterocycles. The van der Waals surface area contributed by atoms with E-state index in [-0.39, 0.29) is 6.04 Å². The molecule has 0 spiro atoms. The van der Waals surface area contributed by atoms with Gasteiger partial charge in [-0.25, -0.2) is 0 Å². The van der Waals surface area contributed by atoms with E-state index >= 15 is 0 Å². The standard InChI is InChI=1S/C18H30ClNO/c1-6-10-21-18-13(4)11-16(19)14(5)15(18)8-7-9-17(20)12(2)3/h11-12,17H,6-10,20H2,1-5H3. The number of nitrogens with two attached hydrogens (primary N) is 1. The monoisotopic (exact) mass is 311 g/mol. The van der Waals surface area contributed by atoms with Gasteiger partial charge >= 0.3 is 0 Å². The highest BCUT2D eigenvalue weighted by atomic mass is 35.5. The summed E-state index contributed by atoms with van der Waals surface area (Å²) in [6.45, 7) is 11.4. The Morgan fingerprint density at radius 1 is 1.29 bits per heavy atom. The van der Waals surface area contributed by atoms with E-state index in [0.717, 1.165) is 54.2 Å². The minimum absolute atomic E-state index is 0.269. The normalized spacial score (nSPS) is 12.8. The lowest BCUT2D eigenvalue weighted by Crippen LogP contribution is -2.26. The molecule has 1 aromatic rings. The molecule has 3 heteroatoms. The van der Waals surface area contributed by atoms with Gasteiger partial charge in [-0.15, -0.1) is 0 Å². The highest BCUT2D eigenvalue weighted by Crippen LogP contribution is 2.33. The van der Waals surface area contributed by atoms with Gasteiger partial charge in [0.15, 0.2) is 0 Å². The molecule has 0 saturated heterocycles. The number of ether oxygens (including phenoxy) is 1. The average molecular weight is 312 g/mol. The Bertz CT molecular complexity index is 457. The average Bonchev–Trinajstić information content (AvgIpc) is 2.43. The number of hydrogen-bond donors (Lipinski definition) is 1. The number of aryl methyl sites for hydroxylation is 1. The third kappa shape index (κ3) is 5.19. The van der Waals surface area contributed by atoms with Crippen LogP contribution in [0.3, 0.4) is 0 Å². The zero-order valence-corrected chi connectivity index (χ0v) is 14.9. The van der Waals surface area contributed by atoms with E-state index in [2.05, 4.69) is 34.6 Å². The molecule has 0 radical (unpaired) electrons. The second kappa shape index (κ2) is 8.65. The molecule has 0 aliphatic rings. The van der Waals surface area contributed by atoms with Crippen molar-refractivity contribution in [2.75, 3.05) is 6.61 Å². The van der Waals surface area contributed by atoms with Gasteiger partial charge in [-0.05, 0) is 68.2 Å². The predicted octanol–water partition coefficient (Wildman–Crippen LogP) is 5.05. The van der Waals surface area contributed by atoms with Crippen LogP contribution >= 0.6 is 11.6 Å². The minimum atomic E-state index is 0.269. The van der Waals surface area contributed by atoms with Crippen LogP contribution in [0.1, 0.15) is 56.7 Å². The van der Waals surface area contributed by atoms with Crippen LogP contribution in [-0.2, 0) is 6.42 Å². The van der Waals surface area contributed by atoms with E-state index in [1.54, 1.807) is 0 Å². The summed E-state index contributed by atoms with van der Waals surface area (Å²) in [6, 6.07) is 2.27. The Hall–Kier alpha value is -0.730. The Morgan fingerprint density at radius 2 is 1.95 bits per heavy atom. The Kier molecular flexibility index (Phi) is 7.55. The molecule has 1 aromatic carbocycles. The summed E-state index contributed by atoms with van der Waals surface area (Å²) in [5.74, 6) is 1.56. The maximum Gasteiger partial charge on any atom is 0.125 e. The van der Waals surface area contributed by atoms with E-state index in [1.807, 2.05) is 6.07 Å². The van der Waals surface area contributed by atoms with Gasteiger partial charge in [-0.3, -0.25) is 0 Å². The fourth-order valence-electron chi connectivity index (χ4n) is 2.47. The number of rotatable bonds is 8. The Morgan fingerprint density at radius 3 is 2.52 bits per heavy atom. The van der Waals surface area contributed by atoms with Crippen molar-refractivity contribution in [3.63, 3.8) is 0 Å². The Labute approximate surface area is 135 Å². The van der Waals surface area contributed by atoms with E-state index < -0.39 is 0 Å². The second-order valence-electron chi connectivity index (χ2n) is 6.26. The summed E-state index contributed by atoms with van der Waals surface area (Å²) in [6.07, 6.45) is 4.10. The van der Waals surface area contributed by atoms with Crippen LogP contribution in [0.4, 0.5) is 0 Å². The number of halogens is 1. The van der Waals surface area contributed by atoms with Crippen molar-refractivity contribution in [2.24, 2.45) is 11.7 Å². The first-order valence-corrected chi connectivity index (χ1v) is 8.43. The van der Waals surface area contributed by atoms with Crippen molar-refractivity contribution in [2.45, 2.75) is 66.3 Å². The van der Waals surface area contributed by atoms with E-state index in [4.69, 9.17) is 22.1 Å². The van der Waals surface area contributed by atoms with Gasteiger partial charge in [0.1, 0.15) is 5.75 Å². The topological polar surface area (TPSA) is 35.2 Å². The SMILES string of the molecule is CCCOc1c(C)cc(Cl)c(C)c1CCCC(N)C(C)C. The molecule has 2 nitrogen and oxygen atoms in total. The van der Waals surface area contributed by atoms with Gasteiger partial charge in [0.05, 0.1) is 6.61 Å². The summed E-state index contributed by atoms with van der Waals surface area (Å²) < 4.78 is 5.97. The molecule has 0 aromatic heterocycles. The summed E-state index contributed by atoms with van der Waals surface area (Å²) in [5, 5.41) is 0.833. The van der Waals surface area contributed by atoms with Gasteiger partial charge < -0.3 is 10.5 Å². The lowest BCUT2D eigenvalue weighted by Gasteiger charge is -2.19. The molecule has 120 valence electrons. The molecule has 0 amide bonds. The molecule has 0 fully saturated rings. The van der Waals surface area contributed by atoms with Crippen molar-refractivity contribution < 1.29 is 4.74 Å². The van der Waals surface area contributed by atoms with Gasteiger partial charge in [0.25, 0.3) is 0 Å². The lowest BCUT2D eigenvalue weighted by atomic mass is 9.94. The van der Waals surface area contributed by atoms with Gasteiger partial charge in [0, 0.05) is 11.1 Å². The molecule has 0 saturated carbocycles. The van der Waals surface area contributed by atoms with Crippen LogP contribution in [0.5, 0.6) is 5.75 Å². The van der Waals surface area contributed by atoms with Crippen molar-refractivity contribution in [3.05, 3.63) is 27.8 Å². The highest BCUT2D eigenvalue weighted by Gasteiger charge is 2.15. The highest BCUT2D eigenvalue weighted by molar-refractivity contribution is 6.31. The molecular formula is C18H30ClNO. The molecule has 2 N–H and O–H groups in total. The van der Waals surface area contributed by atoms with Crippen LogP contribution in [0.2, 0.25) is 5.02 Å². The first kappa shape index (κ1) is 18.3. The summed E-state index contributed by atoms with van der Waals surface area (Å²) >= 11 is 6.34. The molecule has 1 rings (SSSR count). The molecule has 21 heavy (non-hydrogen) atoms. The van der Waals surface area contributed by atoms with Crippen LogP contribution in [-0.4, -0.2) is 12.6 Å². The number of benzene rings is 1. The largest absolute Gasteiger partial charge is 0.493 e. The second-order valence-corrected chi connectivity index (χ2v) is 6.66. The smallest absolute Gasteiger partial charge is 0.125 e. The van der Waals surface area contributed by atoms with Crippen molar-refractivity contribution in [1.29, 1.82) is 0 Å². The molecule has 1 atom stereocenters. The summed E-state index contributed by atoms with van der Waals surface area (Å²) in [5.41, 5.74) is 9.67. The first-order chi connectivity index (χ1) is 9.88. The lowest BCUT2D eigenvalue weighted by molar-refractivity contribution is 0.311. The summed E-state index contributed by atoms with van der Waals surface area (Å²) in [7, 11) is 0. The van der Waals surface area contributed by atoms with Gasteiger partial charge in [0.2, 0.25) is 0 Å². The summed E-state index contributed by atoms with van der Waals surface area (Å²) in [4.78, 5) is 0. The molecule has 0 bridgehead atoms. The molecule has 0 aliphatic carbocycles. The Balaban J connectivity index is 2.87. The van der Waals surface area contributed by atoms with E-state index in [0.29, 0.717) is 5.92 Å². The fourth-order valence-corrected chi connectivity index (χ4v) is 2.75. The van der Waals surface area contributed by atoms with Crippen molar-refractivity contribution >= 4 is 11.6 Å². The molecule has 1 unspecified atom stereocenters. The first-order valence-electron chi connectivity index (χ1n) is 8.05. The van der Waals surface area contributed by atoms with Gasteiger partial charge in [-0.1, -0.05) is 32.4 Å². The zero-order valence-electron chi connectivity index (χ0n) is 14.1. The quantitative estimate of drug-likeness (QED) is 0.729. The van der Waals surface area contributed by atoms with Crippen LogP contribution < -0.4 is 10.5 Å². The minimum Gasteiger partial charge on any atom is -0.493 e. The van der Waals surface area contributed by atoms with Crippen LogP contribution in [0, 0.1) is 19.8 Å². The van der Waals surface area contributed by atoms with E-state index in [1.165, 1.54) is 5.56 Å². The predicted molar refractivity (Wildman–Crippen MR) is 92.5 cm³/mol. The molecular weight excluding hydrogens is 282 g/mol. The van der Waals surface area contributed by atoms with Crippen LogP contribution in [0.15, 0.2) is 6.07 Å². The fraction of sp³-hybridized carbons (Fsp3) is 0.667. The third-order valence-corrected chi connectivity index (χ3v) is 4.45. The number of hydrogen-bond acceptors (Lipinski definition) is 2. The zero-order chi connectivity index (χ0) is 16.0. The van der Waals surface area contributed by atoms with Crippen molar-refractivity contribution in [3.8, 4) is 5.75 Å².